The van der Waals surface area contributed by atoms with Crippen LogP contribution in [0.5, 0.6) is 0 Å². The Morgan fingerprint density at radius 2 is 1.86 bits per heavy atom. The van der Waals surface area contributed by atoms with Crippen molar-refractivity contribution in [3.8, 4) is 5.69 Å². The number of hydrogen-bond acceptors (Lipinski definition) is 6. The van der Waals surface area contributed by atoms with Crippen LogP contribution in [0, 0.1) is 0 Å². The molecule has 8 heteroatoms. The summed E-state index contributed by atoms with van der Waals surface area (Å²) >= 11 is 1.32. The first-order valence-electron chi connectivity index (χ1n) is 8.94. The quantitative estimate of drug-likeness (QED) is 0.354. The van der Waals surface area contributed by atoms with Gasteiger partial charge in [-0.05, 0) is 31.2 Å². The Morgan fingerprint density at radius 1 is 1.07 bits per heavy atom. The molecule has 142 valence electrons. The van der Waals surface area contributed by atoms with Crippen molar-refractivity contribution in [1.82, 2.24) is 24.3 Å². The Labute approximate surface area is 166 Å². The largest absolute Gasteiger partial charge is 0.465 e. The molecule has 0 bridgehead atoms. The Bertz CT molecular complexity index is 1090. The molecule has 0 atom stereocenters. The number of benzene rings is 2. The molecule has 0 saturated heterocycles. The molecule has 0 spiro atoms. The lowest BCUT2D eigenvalue weighted by atomic mass is 10.3. The standard InChI is InChI=1S/C20H19N5O2S/c1-2-27-19(26)13-28-20-23-22-18(25(20)15-8-4-3-5-9-15)12-24-14-21-16-10-6-7-11-17(16)24/h3-11,14H,2,12-13H2,1H3. The van der Waals surface area contributed by atoms with Crippen molar-refractivity contribution in [3.05, 3.63) is 66.7 Å². The Balaban J connectivity index is 1.68. The van der Waals surface area contributed by atoms with E-state index < -0.39 is 0 Å². The van der Waals surface area contributed by atoms with E-state index in [1.807, 2.05) is 63.7 Å². The lowest BCUT2D eigenvalue weighted by molar-refractivity contribution is -0.139. The zero-order valence-electron chi connectivity index (χ0n) is 15.4. The molecule has 0 aliphatic heterocycles. The van der Waals surface area contributed by atoms with Crippen LogP contribution in [0.1, 0.15) is 12.7 Å². The van der Waals surface area contributed by atoms with Gasteiger partial charge in [-0.2, -0.15) is 0 Å². The van der Waals surface area contributed by atoms with Gasteiger partial charge in [0.1, 0.15) is 0 Å². The second kappa shape index (κ2) is 8.26. The van der Waals surface area contributed by atoms with Crippen LogP contribution in [0.4, 0.5) is 0 Å². The van der Waals surface area contributed by atoms with E-state index in [1.165, 1.54) is 11.8 Å². The fraction of sp³-hybridized carbons (Fsp3) is 0.200. The van der Waals surface area contributed by atoms with Gasteiger partial charge < -0.3 is 9.30 Å². The molecule has 2 heterocycles. The van der Waals surface area contributed by atoms with Gasteiger partial charge in [0, 0.05) is 5.69 Å². The third-order valence-corrected chi connectivity index (χ3v) is 5.08. The summed E-state index contributed by atoms with van der Waals surface area (Å²) in [5.41, 5.74) is 2.91. The summed E-state index contributed by atoms with van der Waals surface area (Å²) in [7, 11) is 0. The summed E-state index contributed by atoms with van der Waals surface area (Å²) in [5, 5.41) is 9.36. The number of carbonyl (C=O) groups is 1. The van der Waals surface area contributed by atoms with Crippen LogP contribution in [-0.2, 0) is 16.1 Å². The maximum absolute atomic E-state index is 11.8. The van der Waals surface area contributed by atoms with Gasteiger partial charge in [0.15, 0.2) is 11.0 Å². The third-order valence-electron chi connectivity index (χ3n) is 4.18. The Morgan fingerprint density at radius 3 is 2.68 bits per heavy atom. The van der Waals surface area contributed by atoms with Gasteiger partial charge in [-0.1, -0.05) is 42.1 Å². The van der Waals surface area contributed by atoms with Gasteiger partial charge in [0.25, 0.3) is 0 Å². The van der Waals surface area contributed by atoms with Crippen LogP contribution in [-0.4, -0.2) is 42.6 Å². The highest BCUT2D eigenvalue weighted by atomic mass is 32.2. The van der Waals surface area contributed by atoms with Crippen molar-refractivity contribution in [3.63, 3.8) is 0 Å². The van der Waals surface area contributed by atoms with Crippen LogP contribution >= 0.6 is 11.8 Å². The predicted molar refractivity (Wildman–Crippen MR) is 108 cm³/mol. The van der Waals surface area contributed by atoms with Crippen LogP contribution < -0.4 is 0 Å². The molecule has 4 rings (SSSR count). The number of thioether (sulfide) groups is 1. The van der Waals surface area contributed by atoms with E-state index in [4.69, 9.17) is 4.74 Å². The highest BCUT2D eigenvalue weighted by Crippen LogP contribution is 2.23. The third kappa shape index (κ3) is 3.77. The molecule has 2 aromatic heterocycles. The number of hydrogen-bond donors (Lipinski definition) is 0. The molecule has 0 aliphatic carbocycles. The van der Waals surface area contributed by atoms with Gasteiger partial charge in [-0.15, -0.1) is 10.2 Å². The number of fused-ring (bicyclic) bond motifs is 1. The van der Waals surface area contributed by atoms with Crippen molar-refractivity contribution in [2.75, 3.05) is 12.4 Å². The Kier molecular flexibility index (Phi) is 5.38. The smallest absolute Gasteiger partial charge is 0.316 e. The second-order valence-electron chi connectivity index (χ2n) is 6.02. The molecule has 0 aliphatic rings. The lowest BCUT2D eigenvalue weighted by Gasteiger charge is -2.11. The summed E-state index contributed by atoms with van der Waals surface area (Å²) in [6.07, 6.45) is 1.81. The first-order chi connectivity index (χ1) is 13.8. The summed E-state index contributed by atoms with van der Waals surface area (Å²) in [5.74, 6) is 0.685. The maximum atomic E-state index is 11.8. The number of nitrogens with zero attached hydrogens (tertiary/aromatic N) is 5. The fourth-order valence-electron chi connectivity index (χ4n) is 2.95. The van der Waals surface area contributed by atoms with Crippen LogP contribution in [0.25, 0.3) is 16.7 Å². The number of para-hydroxylation sites is 3. The van der Waals surface area contributed by atoms with E-state index in [2.05, 4.69) is 15.2 Å². The molecule has 0 unspecified atom stereocenters. The van der Waals surface area contributed by atoms with Crippen molar-refractivity contribution in [2.24, 2.45) is 0 Å². The molecule has 7 nitrogen and oxygen atoms in total. The molecule has 28 heavy (non-hydrogen) atoms. The molecular weight excluding hydrogens is 374 g/mol. The molecule has 2 aromatic carbocycles. The minimum Gasteiger partial charge on any atom is -0.465 e. The zero-order valence-corrected chi connectivity index (χ0v) is 16.2. The van der Waals surface area contributed by atoms with Gasteiger partial charge in [-0.3, -0.25) is 9.36 Å². The van der Waals surface area contributed by atoms with Gasteiger partial charge >= 0.3 is 5.97 Å². The molecule has 0 fully saturated rings. The highest BCUT2D eigenvalue weighted by Gasteiger charge is 2.17. The van der Waals surface area contributed by atoms with Gasteiger partial charge in [0.2, 0.25) is 0 Å². The summed E-state index contributed by atoms with van der Waals surface area (Å²) < 4.78 is 9.03. The summed E-state index contributed by atoms with van der Waals surface area (Å²) in [6, 6.07) is 17.8. The van der Waals surface area contributed by atoms with E-state index in [0.29, 0.717) is 18.3 Å². The Hall–Kier alpha value is -3.13. The monoisotopic (exact) mass is 393 g/mol. The number of imidazole rings is 1. The maximum Gasteiger partial charge on any atom is 0.316 e. The van der Waals surface area contributed by atoms with E-state index >= 15 is 0 Å². The first-order valence-corrected chi connectivity index (χ1v) is 9.93. The van der Waals surface area contributed by atoms with E-state index in [1.54, 1.807) is 13.3 Å². The van der Waals surface area contributed by atoms with Gasteiger partial charge in [-0.25, -0.2) is 4.98 Å². The number of rotatable bonds is 7. The van der Waals surface area contributed by atoms with Gasteiger partial charge in [0.05, 0.1) is 36.3 Å². The molecule has 0 saturated carbocycles. The highest BCUT2D eigenvalue weighted by molar-refractivity contribution is 7.99. The SMILES string of the molecule is CCOC(=O)CSc1nnc(Cn2cnc3ccccc32)n1-c1ccccc1. The number of carbonyl (C=O) groups excluding carboxylic acids is 1. The average Bonchev–Trinajstić information content (AvgIpc) is 3.32. The van der Waals surface area contributed by atoms with E-state index in [-0.39, 0.29) is 11.7 Å². The molecular formula is C20H19N5O2S. The molecule has 0 radical (unpaired) electrons. The number of aromatic nitrogens is 5. The molecule has 4 aromatic rings. The molecule has 0 N–H and O–H groups in total. The number of ether oxygens (including phenoxy) is 1. The predicted octanol–water partition coefficient (Wildman–Crippen LogP) is 3.32. The zero-order chi connectivity index (χ0) is 19.3. The number of esters is 1. The summed E-state index contributed by atoms with van der Waals surface area (Å²) in [4.78, 5) is 16.2. The van der Waals surface area contributed by atoms with Crippen LogP contribution in [0.3, 0.4) is 0 Å². The summed E-state index contributed by atoms with van der Waals surface area (Å²) in [6.45, 7) is 2.68. The van der Waals surface area contributed by atoms with Crippen molar-refractivity contribution in [1.29, 1.82) is 0 Å². The van der Waals surface area contributed by atoms with Crippen LogP contribution in [0.2, 0.25) is 0 Å². The van der Waals surface area contributed by atoms with Crippen molar-refractivity contribution >= 4 is 28.8 Å². The normalized spacial score (nSPS) is 11.0. The fourth-order valence-corrected chi connectivity index (χ4v) is 3.72. The van der Waals surface area contributed by atoms with Crippen LogP contribution in [0.15, 0.2) is 66.1 Å². The van der Waals surface area contributed by atoms with E-state index in [9.17, 15) is 4.79 Å². The average molecular weight is 393 g/mol. The second-order valence-corrected chi connectivity index (χ2v) is 6.97. The van der Waals surface area contributed by atoms with Crippen molar-refractivity contribution < 1.29 is 9.53 Å². The van der Waals surface area contributed by atoms with Crippen molar-refractivity contribution in [2.45, 2.75) is 18.6 Å². The molecule has 0 amide bonds. The minimum absolute atomic E-state index is 0.187. The minimum atomic E-state index is -0.266. The first kappa shape index (κ1) is 18.2. The van der Waals surface area contributed by atoms with E-state index in [0.717, 1.165) is 22.5 Å². The topological polar surface area (TPSA) is 74.8 Å². The lowest BCUT2D eigenvalue weighted by Crippen LogP contribution is -2.10.